The number of aromatic nitrogens is 1. The van der Waals surface area contributed by atoms with Crippen LogP contribution in [0.25, 0.3) is 10.2 Å². The molecule has 0 aliphatic heterocycles. The lowest BCUT2D eigenvalue weighted by Crippen LogP contribution is -2.22. The molecule has 0 aliphatic carbocycles. The minimum atomic E-state index is -0.177. The van der Waals surface area contributed by atoms with Gasteiger partial charge in [0.15, 0.2) is 0 Å². The number of carbonyl (C=O) groups excluding carboxylic acids is 2. The summed E-state index contributed by atoms with van der Waals surface area (Å²) in [5.74, 6) is 0.698. The second-order valence-corrected chi connectivity index (χ2v) is 8.52. The number of hydrogen-bond acceptors (Lipinski definition) is 5. The van der Waals surface area contributed by atoms with Crippen LogP contribution < -0.4 is 5.32 Å². The number of rotatable bonds is 6. The van der Waals surface area contributed by atoms with E-state index in [0.717, 1.165) is 15.2 Å². The van der Waals surface area contributed by atoms with Gasteiger partial charge in [-0.15, -0.1) is 23.1 Å². The molecule has 1 N–H and O–H groups in total. The highest BCUT2D eigenvalue weighted by Crippen LogP contribution is 2.25. The molecule has 140 valence electrons. The minimum absolute atomic E-state index is 0.121. The first-order chi connectivity index (χ1) is 12.9. The van der Waals surface area contributed by atoms with Crippen LogP contribution in [-0.4, -0.2) is 41.5 Å². The van der Waals surface area contributed by atoms with Crippen LogP contribution in [0.4, 0.5) is 5.69 Å². The summed E-state index contributed by atoms with van der Waals surface area (Å²) in [6, 6.07) is 12.9. The number of hydrogen-bond donors (Lipinski definition) is 1. The van der Waals surface area contributed by atoms with E-state index in [1.165, 1.54) is 16.7 Å². The lowest BCUT2D eigenvalue weighted by Gasteiger charge is -2.12. The van der Waals surface area contributed by atoms with E-state index in [1.54, 1.807) is 43.6 Å². The van der Waals surface area contributed by atoms with E-state index in [4.69, 9.17) is 11.6 Å². The SMILES string of the molecule is CN(C)C(=O)c1ccc(NC(=O)CSCc2nc3ccccc3s2)cc1Cl. The summed E-state index contributed by atoms with van der Waals surface area (Å²) in [6.45, 7) is 0. The predicted molar refractivity (Wildman–Crippen MR) is 114 cm³/mol. The van der Waals surface area contributed by atoms with Crippen LogP contribution in [-0.2, 0) is 10.5 Å². The molecular weight excluding hydrogens is 402 g/mol. The van der Waals surface area contributed by atoms with Crippen molar-refractivity contribution < 1.29 is 9.59 Å². The normalized spacial score (nSPS) is 10.8. The molecule has 2 aromatic carbocycles. The third-order valence-electron chi connectivity index (χ3n) is 3.69. The molecule has 27 heavy (non-hydrogen) atoms. The van der Waals surface area contributed by atoms with Gasteiger partial charge >= 0.3 is 0 Å². The number of benzene rings is 2. The maximum atomic E-state index is 12.1. The smallest absolute Gasteiger partial charge is 0.254 e. The number of nitrogens with zero attached hydrogens (tertiary/aromatic N) is 2. The van der Waals surface area contributed by atoms with Crippen LogP contribution in [0.15, 0.2) is 42.5 Å². The van der Waals surface area contributed by atoms with Gasteiger partial charge in [-0.1, -0.05) is 23.7 Å². The first kappa shape index (κ1) is 19.7. The molecule has 0 aliphatic rings. The van der Waals surface area contributed by atoms with Crippen molar-refractivity contribution in [2.24, 2.45) is 0 Å². The van der Waals surface area contributed by atoms with Crippen molar-refractivity contribution in [3.05, 3.63) is 58.1 Å². The summed E-state index contributed by atoms with van der Waals surface area (Å²) < 4.78 is 1.15. The molecule has 0 atom stereocenters. The molecule has 0 radical (unpaired) electrons. The molecule has 3 aromatic rings. The molecule has 1 heterocycles. The Balaban J connectivity index is 1.53. The molecule has 2 amide bonds. The molecular formula is C19H18ClN3O2S2. The highest BCUT2D eigenvalue weighted by atomic mass is 35.5. The van der Waals surface area contributed by atoms with Gasteiger partial charge in [0.2, 0.25) is 5.91 Å². The predicted octanol–water partition coefficient (Wildman–Crippen LogP) is 4.52. The number of anilines is 1. The van der Waals surface area contributed by atoms with E-state index < -0.39 is 0 Å². The monoisotopic (exact) mass is 419 g/mol. The number of halogens is 1. The molecule has 1 aromatic heterocycles. The Labute approximate surface area is 170 Å². The third-order valence-corrected chi connectivity index (χ3v) is 6.16. The van der Waals surface area contributed by atoms with Gasteiger partial charge in [0.1, 0.15) is 5.01 Å². The van der Waals surface area contributed by atoms with Gasteiger partial charge in [-0.3, -0.25) is 9.59 Å². The van der Waals surface area contributed by atoms with Crippen molar-refractivity contribution in [3.8, 4) is 0 Å². The Bertz CT molecular complexity index is 955. The number of amides is 2. The molecule has 0 fully saturated rings. The van der Waals surface area contributed by atoms with Crippen molar-refractivity contribution in [2.45, 2.75) is 5.75 Å². The van der Waals surface area contributed by atoms with Gasteiger partial charge < -0.3 is 10.2 Å². The lowest BCUT2D eigenvalue weighted by atomic mass is 10.2. The van der Waals surface area contributed by atoms with Crippen LogP contribution in [0.1, 0.15) is 15.4 Å². The maximum Gasteiger partial charge on any atom is 0.254 e. The fourth-order valence-electron chi connectivity index (χ4n) is 2.42. The van der Waals surface area contributed by atoms with Crippen LogP contribution in [0.5, 0.6) is 0 Å². The molecule has 5 nitrogen and oxygen atoms in total. The largest absolute Gasteiger partial charge is 0.345 e. The molecule has 0 spiro atoms. The van der Waals surface area contributed by atoms with Gasteiger partial charge in [0, 0.05) is 25.5 Å². The number of thiazole rings is 1. The number of fused-ring (bicyclic) bond motifs is 1. The molecule has 0 bridgehead atoms. The van der Waals surface area contributed by atoms with Crippen LogP contribution in [0.3, 0.4) is 0 Å². The van der Waals surface area contributed by atoms with E-state index in [-0.39, 0.29) is 11.8 Å². The van der Waals surface area contributed by atoms with Crippen molar-refractivity contribution in [1.82, 2.24) is 9.88 Å². The zero-order chi connectivity index (χ0) is 19.4. The third kappa shape index (κ3) is 5.00. The minimum Gasteiger partial charge on any atom is -0.345 e. The van der Waals surface area contributed by atoms with Crippen LogP contribution in [0.2, 0.25) is 5.02 Å². The van der Waals surface area contributed by atoms with Crippen LogP contribution >= 0.6 is 34.7 Å². The Hall–Kier alpha value is -2.09. The van der Waals surface area contributed by atoms with Crippen molar-refractivity contribution in [1.29, 1.82) is 0 Å². The zero-order valence-corrected chi connectivity index (χ0v) is 17.2. The summed E-state index contributed by atoms with van der Waals surface area (Å²) in [5.41, 5.74) is 1.97. The molecule has 8 heteroatoms. The van der Waals surface area contributed by atoms with E-state index in [1.807, 2.05) is 24.3 Å². The van der Waals surface area contributed by atoms with E-state index in [2.05, 4.69) is 10.3 Å². The Kier molecular flexibility index (Phi) is 6.36. The number of nitrogens with one attached hydrogen (secondary N) is 1. The fraction of sp³-hybridized carbons (Fsp3) is 0.211. The van der Waals surface area contributed by atoms with E-state index in [0.29, 0.717) is 27.8 Å². The van der Waals surface area contributed by atoms with E-state index >= 15 is 0 Å². The number of para-hydroxylation sites is 1. The number of thioether (sulfide) groups is 1. The summed E-state index contributed by atoms with van der Waals surface area (Å²) in [4.78, 5) is 30.1. The lowest BCUT2D eigenvalue weighted by molar-refractivity contribution is -0.113. The van der Waals surface area contributed by atoms with Crippen molar-refractivity contribution >= 4 is 62.4 Å². The quantitative estimate of drug-likeness (QED) is 0.637. The van der Waals surface area contributed by atoms with Crippen LogP contribution in [0, 0.1) is 0 Å². The van der Waals surface area contributed by atoms with E-state index in [9.17, 15) is 9.59 Å². The highest BCUT2D eigenvalue weighted by molar-refractivity contribution is 7.99. The second-order valence-electron chi connectivity index (χ2n) is 6.01. The Morgan fingerprint density at radius 2 is 2.00 bits per heavy atom. The van der Waals surface area contributed by atoms with Gasteiger partial charge in [-0.25, -0.2) is 4.98 Å². The first-order valence-electron chi connectivity index (χ1n) is 8.17. The Morgan fingerprint density at radius 1 is 1.22 bits per heavy atom. The molecule has 3 rings (SSSR count). The van der Waals surface area contributed by atoms with Gasteiger partial charge in [-0.05, 0) is 30.3 Å². The number of carbonyl (C=O) groups is 2. The molecule has 0 unspecified atom stereocenters. The van der Waals surface area contributed by atoms with Gasteiger partial charge in [0.25, 0.3) is 5.91 Å². The summed E-state index contributed by atoms with van der Waals surface area (Å²) in [7, 11) is 3.33. The average molecular weight is 420 g/mol. The average Bonchev–Trinajstić information content (AvgIpc) is 3.04. The Morgan fingerprint density at radius 3 is 2.70 bits per heavy atom. The van der Waals surface area contributed by atoms with Crippen molar-refractivity contribution in [2.75, 3.05) is 25.2 Å². The topological polar surface area (TPSA) is 62.3 Å². The van der Waals surface area contributed by atoms with Gasteiger partial charge in [-0.2, -0.15) is 0 Å². The second kappa shape index (κ2) is 8.73. The molecule has 0 saturated carbocycles. The fourth-order valence-corrected chi connectivity index (χ4v) is 4.53. The highest BCUT2D eigenvalue weighted by Gasteiger charge is 2.13. The molecule has 0 saturated heterocycles. The van der Waals surface area contributed by atoms with Crippen molar-refractivity contribution in [3.63, 3.8) is 0 Å². The van der Waals surface area contributed by atoms with Gasteiger partial charge in [0.05, 0.1) is 26.6 Å². The summed E-state index contributed by atoms with van der Waals surface area (Å²) in [5, 5.41) is 4.12. The maximum absolute atomic E-state index is 12.1. The summed E-state index contributed by atoms with van der Waals surface area (Å²) in [6.07, 6.45) is 0. The standard InChI is InChI=1S/C19H18ClN3O2S2/c1-23(2)19(25)13-8-7-12(9-14(13)20)21-17(24)10-26-11-18-22-15-5-3-4-6-16(15)27-18/h3-9H,10-11H2,1-2H3,(H,21,24). The zero-order valence-electron chi connectivity index (χ0n) is 14.9. The summed E-state index contributed by atoms with van der Waals surface area (Å²) >= 11 is 9.32. The first-order valence-corrected chi connectivity index (χ1v) is 10.5.